The number of nitrogens with one attached hydrogen (secondary N) is 1. The molecule has 4 heterocycles. The summed E-state index contributed by atoms with van der Waals surface area (Å²) >= 11 is 0. The third-order valence-corrected chi connectivity index (χ3v) is 7.08. The van der Waals surface area contributed by atoms with Crippen molar-refractivity contribution in [1.29, 1.82) is 0 Å². The van der Waals surface area contributed by atoms with Crippen molar-refractivity contribution in [1.82, 2.24) is 15.1 Å². The van der Waals surface area contributed by atoms with Gasteiger partial charge in [0, 0.05) is 56.9 Å². The van der Waals surface area contributed by atoms with Gasteiger partial charge in [-0.1, -0.05) is 0 Å². The molecule has 9 heteroatoms. The molecule has 2 atom stereocenters. The van der Waals surface area contributed by atoms with Crippen molar-refractivity contribution in [3.8, 4) is 0 Å². The second-order valence-electron chi connectivity index (χ2n) is 9.10. The predicted molar refractivity (Wildman–Crippen MR) is 115 cm³/mol. The van der Waals surface area contributed by atoms with Gasteiger partial charge in [-0.05, 0) is 37.8 Å². The number of carbonyl (C=O) groups is 3. The van der Waals surface area contributed by atoms with E-state index in [1.54, 1.807) is 12.1 Å². The predicted octanol–water partition coefficient (Wildman–Crippen LogP) is 1.28. The summed E-state index contributed by atoms with van der Waals surface area (Å²) in [4.78, 5) is 42.3. The van der Waals surface area contributed by atoms with Crippen LogP contribution in [0.4, 0.5) is 10.1 Å². The number of amides is 3. The van der Waals surface area contributed by atoms with Gasteiger partial charge in [-0.25, -0.2) is 4.39 Å². The van der Waals surface area contributed by atoms with Crippen LogP contribution in [-0.4, -0.2) is 79.0 Å². The normalized spacial score (nSPS) is 27.0. The SMILES string of the molecule is O=C1CCC(N2Cc3c(ccc(N4CCN(C[C@H]5CCCCO5)CC4)c3F)C2=O)C(=O)N1. The van der Waals surface area contributed by atoms with Crippen LogP contribution < -0.4 is 10.2 Å². The second-order valence-corrected chi connectivity index (χ2v) is 9.10. The smallest absolute Gasteiger partial charge is 0.255 e. The molecule has 0 spiro atoms. The van der Waals surface area contributed by atoms with Gasteiger partial charge in [0.05, 0.1) is 18.3 Å². The van der Waals surface area contributed by atoms with Crippen molar-refractivity contribution in [3.05, 3.63) is 29.1 Å². The van der Waals surface area contributed by atoms with Gasteiger partial charge >= 0.3 is 0 Å². The first-order valence-corrected chi connectivity index (χ1v) is 11.6. The summed E-state index contributed by atoms with van der Waals surface area (Å²) in [6.07, 6.45) is 4.23. The zero-order valence-electron chi connectivity index (χ0n) is 18.1. The second kappa shape index (κ2) is 8.78. The minimum Gasteiger partial charge on any atom is -0.377 e. The number of piperazine rings is 1. The molecule has 32 heavy (non-hydrogen) atoms. The molecule has 1 aromatic rings. The molecule has 5 rings (SSSR count). The van der Waals surface area contributed by atoms with Crippen LogP contribution in [0, 0.1) is 5.82 Å². The van der Waals surface area contributed by atoms with E-state index in [4.69, 9.17) is 4.74 Å². The summed E-state index contributed by atoms with van der Waals surface area (Å²) in [5.41, 5.74) is 1.16. The zero-order chi connectivity index (χ0) is 22.2. The molecule has 4 aliphatic heterocycles. The van der Waals surface area contributed by atoms with E-state index >= 15 is 4.39 Å². The molecular weight excluding hydrogens is 415 g/mol. The van der Waals surface area contributed by atoms with E-state index < -0.39 is 11.9 Å². The van der Waals surface area contributed by atoms with E-state index in [0.29, 0.717) is 36.0 Å². The Balaban J connectivity index is 1.25. The third-order valence-electron chi connectivity index (χ3n) is 7.08. The van der Waals surface area contributed by atoms with E-state index in [1.165, 1.54) is 11.3 Å². The van der Waals surface area contributed by atoms with Crippen LogP contribution in [0.3, 0.4) is 0 Å². The van der Waals surface area contributed by atoms with Crippen LogP contribution in [0.25, 0.3) is 0 Å². The van der Waals surface area contributed by atoms with Gasteiger partial charge in [0.25, 0.3) is 5.91 Å². The van der Waals surface area contributed by atoms with E-state index in [9.17, 15) is 14.4 Å². The Morgan fingerprint density at radius 1 is 1.06 bits per heavy atom. The number of rotatable bonds is 4. The summed E-state index contributed by atoms with van der Waals surface area (Å²) < 4.78 is 21.3. The highest BCUT2D eigenvalue weighted by Gasteiger charge is 2.41. The quantitative estimate of drug-likeness (QED) is 0.705. The van der Waals surface area contributed by atoms with Crippen molar-refractivity contribution in [2.75, 3.05) is 44.2 Å². The number of halogens is 1. The molecule has 8 nitrogen and oxygen atoms in total. The van der Waals surface area contributed by atoms with Gasteiger partial charge in [0.1, 0.15) is 6.04 Å². The van der Waals surface area contributed by atoms with Crippen LogP contribution in [-0.2, 0) is 20.9 Å². The maximum atomic E-state index is 15.5. The maximum Gasteiger partial charge on any atom is 0.255 e. The minimum atomic E-state index is -0.735. The van der Waals surface area contributed by atoms with E-state index in [0.717, 1.165) is 39.1 Å². The summed E-state index contributed by atoms with van der Waals surface area (Å²) in [5.74, 6) is -1.55. The number of carbonyl (C=O) groups excluding carboxylic acids is 3. The number of ether oxygens (including phenoxy) is 1. The molecule has 0 aromatic heterocycles. The summed E-state index contributed by atoms with van der Waals surface area (Å²) in [6.45, 7) is 4.95. The van der Waals surface area contributed by atoms with E-state index in [-0.39, 0.29) is 37.0 Å². The number of imide groups is 1. The molecule has 172 valence electrons. The van der Waals surface area contributed by atoms with Gasteiger partial charge in [0.15, 0.2) is 5.82 Å². The topological polar surface area (TPSA) is 82.2 Å². The van der Waals surface area contributed by atoms with Crippen molar-refractivity contribution < 1.29 is 23.5 Å². The van der Waals surface area contributed by atoms with Crippen LogP contribution in [0.2, 0.25) is 0 Å². The lowest BCUT2D eigenvalue weighted by Crippen LogP contribution is -2.52. The molecule has 4 aliphatic rings. The zero-order valence-corrected chi connectivity index (χ0v) is 18.1. The fourth-order valence-electron chi connectivity index (χ4n) is 5.25. The van der Waals surface area contributed by atoms with Crippen molar-refractivity contribution in [2.45, 2.75) is 50.8 Å². The molecule has 0 saturated carbocycles. The Kier molecular flexibility index (Phi) is 5.86. The highest BCUT2D eigenvalue weighted by molar-refractivity contribution is 6.05. The van der Waals surface area contributed by atoms with E-state index in [1.807, 2.05) is 4.90 Å². The van der Waals surface area contributed by atoms with E-state index in [2.05, 4.69) is 10.2 Å². The largest absolute Gasteiger partial charge is 0.377 e. The Hall–Kier alpha value is -2.52. The van der Waals surface area contributed by atoms with Crippen LogP contribution in [0.15, 0.2) is 12.1 Å². The Morgan fingerprint density at radius 2 is 1.88 bits per heavy atom. The average Bonchev–Trinajstić information content (AvgIpc) is 3.13. The van der Waals surface area contributed by atoms with Gasteiger partial charge in [0.2, 0.25) is 11.8 Å². The monoisotopic (exact) mass is 444 g/mol. The molecule has 0 aliphatic carbocycles. The lowest BCUT2D eigenvalue weighted by atomic mass is 10.0. The summed E-state index contributed by atoms with van der Waals surface area (Å²) in [7, 11) is 0. The molecule has 3 fully saturated rings. The average molecular weight is 445 g/mol. The standard InChI is InChI=1S/C23H29FN4O4/c24-21-17-14-28(19-6-7-20(29)25-22(19)30)23(31)16(17)4-5-18(21)27-10-8-26(9-11-27)13-15-3-1-2-12-32-15/h4-5,15,19H,1-3,6-14H2,(H,25,29,30)/t15-,19?/m1/s1. The van der Waals surface area contributed by atoms with Gasteiger partial charge < -0.3 is 14.5 Å². The van der Waals surface area contributed by atoms with Crippen molar-refractivity contribution in [2.24, 2.45) is 0 Å². The minimum absolute atomic E-state index is 0.0547. The first-order chi connectivity index (χ1) is 15.5. The highest BCUT2D eigenvalue weighted by atomic mass is 19.1. The molecule has 3 amide bonds. The Morgan fingerprint density at radius 3 is 2.59 bits per heavy atom. The number of hydrogen-bond acceptors (Lipinski definition) is 6. The maximum absolute atomic E-state index is 15.5. The Labute approximate surface area is 186 Å². The number of anilines is 1. The molecular formula is C23H29FN4O4. The molecule has 1 N–H and O–H groups in total. The Bertz CT molecular complexity index is 925. The lowest BCUT2D eigenvalue weighted by molar-refractivity contribution is -0.136. The molecule has 3 saturated heterocycles. The number of hydrogen-bond donors (Lipinski definition) is 1. The van der Waals surface area contributed by atoms with Gasteiger partial charge in [-0.2, -0.15) is 0 Å². The summed E-state index contributed by atoms with van der Waals surface area (Å²) in [6, 6.07) is 2.62. The summed E-state index contributed by atoms with van der Waals surface area (Å²) in [5, 5.41) is 2.28. The highest BCUT2D eigenvalue weighted by Crippen LogP contribution is 2.34. The molecule has 1 unspecified atom stereocenters. The van der Waals surface area contributed by atoms with Crippen molar-refractivity contribution >= 4 is 23.4 Å². The molecule has 1 aromatic carbocycles. The lowest BCUT2D eigenvalue weighted by Gasteiger charge is -2.38. The molecule has 0 bridgehead atoms. The van der Waals surface area contributed by atoms with Crippen LogP contribution in [0.5, 0.6) is 0 Å². The van der Waals surface area contributed by atoms with Gasteiger partial charge in [-0.15, -0.1) is 0 Å². The number of fused-ring (bicyclic) bond motifs is 1. The van der Waals surface area contributed by atoms with Crippen molar-refractivity contribution in [3.63, 3.8) is 0 Å². The fourth-order valence-corrected chi connectivity index (χ4v) is 5.25. The number of benzene rings is 1. The van der Waals surface area contributed by atoms with Crippen LogP contribution in [0.1, 0.15) is 48.0 Å². The first-order valence-electron chi connectivity index (χ1n) is 11.6. The molecule has 0 radical (unpaired) electrons. The third kappa shape index (κ3) is 3.99. The fraction of sp³-hybridized carbons (Fsp3) is 0.609. The van der Waals surface area contributed by atoms with Gasteiger partial charge in [-0.3, -0.25) is 24.6 Å². The number of nitrogens with zero attached hydrogens (tertiary/aromatic N) is 3. The van der Waals surface area contributed by atoms with Crippen LogP contribution >= 0.6 is 0 Å². The number of piperidine rings is 1. The first kappa shape index (κ1) is 21.3.